The van der Waals surface area contributed by atoms with Crippen molar-refractivity contribution in [1.82, 2.24) is 29.7 Å². The molecule has 2 amide bonds. The van der Waals surface area contributed by atoms with E-state index in [-0.39, 0.29) is 29.9 Å². The summed E-state index contributed by atoms with van der Waals surface area (Å²) in [6.45, 7) is 4.25. The number of ether oxygens (including phenoxy) is 1. The van der Waals surface area contributed by atoms with Gasteiger partial charge in [0.25, 0.3) is 5.91 Å². The first kappa shape index (κ1) is 23.6. The number of nitrogens with zero attached hydrogens (tertiary/aromatic N) is 5. The monoisotopic (exact) mass is 479 g/mol. The molecule has 3 rings (SSSR count). The molecule has 3 heterocycles. The Morgan fingerprint density at radius 1 is 1.22 bits per heavy atom. The minimum atomic E-state index is -0.336. The Morgan fingerprint density at radius 3 is 2.53 bits per heavy atom. The molecule has 0 aliphatic rings. The molecule has 0 saturated carbocycles. The second-order valence-corrected chi connectivity index (χ2v) is 7.74. The van der Waals surface area contributed by atoms with Gasteiger partial charge in [-0.2, -0.15) is 4.98 Å². The fourth-order valence-corrected chi connectivity index (χ4v) is 3.27. The van der Waals surface area contributed by atoms with Crippen LogP contribution in [0.2, 0.25) is 10.0 Å². The molecule has 0 unspecified atom stereocenters. The maximum absolute atomic E-state index is 12.6. The summed E-state index contributed by atoms with van der Waals surface area (Å²) in [5.41, 5.74) is 1.66. The lowest BCUT2D eigenvalue weighted by Gasteiger charge is -2.16. The standard InChI is InChI=1S/C20H23Cl2N7O3/c1-5-24-18(31)12-8-15-17(27-19(12)32-7-6-28(3)11(2)30)29(4)20(25-15)26-16-13(21)9-23-10-14(16)22/h8-10H,5-7H2,1-4H3,(H,24,31)(H,23,25,26). The number of halogens is 2. The van der Waals surface area contributed by atoms with Gasteiger partial charge in [0.05, 0.1) is 22.3 Å². The molecule has 0 aliphatic heterocycles. The molecule has 0 radical (unpaired) electrons. The van der Waals surface area contributed by atoms with Gasteiger partial charge in [0.1, 0.15) is 17.7 Å². The van der Waals surface area contributed by atoms with E-state index < -0.39 is 0 Å². The molecule has 0 saturated heterocycles. The Labute approximate surface area is 194 Å². The number of anilines is 2. The largest absolute Gasteiger partial charge is 0.475 e. The van der Waals surface area contributed by atoms with Crippen molar-refractivity contribution in [2.75, 3.05) is 32.1 Å². The number of rotatable bonds is 8. The van der Waals surface area contributed by atoms with Crippen molar-refractivity contribution in [1.29, 1.82) is 0 Å². The third-order valence-electron chi connectivity index (χ3n) is 4.68. The summed E-state index contributed by atoms with van der Waals surface area (Å²) in [5, 5.41) is 6.49. The highest BCUT2D eigenvalue weighted by Gasteiger charge is 2.20. The first-order valence-corrected chi connectivity index (χ1v) is 10.5. The Bertz CT molecular complexity index is 1150. The number of fused-ring (bicyclic) bond motifs is 1. The van der Waals surface area contributed by atoms with E-state index in [0.29, 0.717) is 45.9 Å². The number of nitrogens with one attached hydrogen (secondary N) is 2. The zero-order valence-electron chi connectivity index (χ0n) is 18.1. The molecule has 0 atom stereocenters. The fraction of sp³-hybridized carbons (Fsp3) is 0.350. The summed E-state index contributed by atoms with van der Waals surface area (Å²) in [4.78, 5) is 38.5. The third-order valence-corrected chi connectivity index (χ3v) is 5.26. The van der Waals surface area contributed by atoms with Gasteiger partial charge in [-0.25, -0.2) is 4.98 Å². The molecule has 0 bridgehead atoms. The number of hydrogen-bond donors (Lipinski definition) is 2. The second kappa shape index (κ2) is 10.0. The van der Waals surface area contributed by atoms with E-state index in [4.69, 9.17) is 27.9 Å². The normalized spacial score (nSPS) is 10.8. The zero-order valence-corrected chi connectivity index (χ0v) is 19.6. The SMILES string of the molecule is CCNC(=O)c1cc2nc(Nc3c(Cl)cncc3Cl)n(C)c2nc1OCCN(C)C(C)=O. The first-order chi connectivity index (χ1) is 15.2. The summed E-state index contributed by atoms with van der Waals surface area (Å²) in [6, 6.07) is 1.61. The Hall–Kier alpha value is -3.11. The predicted octanol–water partition coefficient (Wildman–Crippen LogP) is 3.02. The van der Waals surface area contributed by atoms with Crippen molar-refractivity contribution in [3.63, 3.8) is 0 Å². The van der Waals surface area contributed by atoms with Crippen molar-refractivity contribution in [2.45, 2.75) is 13.8 Å². The third kappa shape index (κ3) is 5.03. The van der Waals surface area contributed by atoms with E-state index in [2.05, 4.69) is 25.6 Å². The molecule has 3 aromatic rings. The van der Waals surface area contributed by atoms with Gasteiger partial charge in [0.15, 0.2) is 5.65 Å². The smallest absolute Gasteiger partial charge is 0.256 e. The van der Waals surface area contributed by atoms with Gasteiger partial charge in [0, 0.05) is 40.0 Å². The maximum Gasteiger partial charge on any atom is 0.256 e. The minimum Gasteiger partial charge on any atom is -0.475 e. The quantitative estimate of drug-likeness (QED) is 0.510. The van der Waals surface area contributed by atoms with Crippen LogP contribution < -0.4 is 15.4 Å². The van der Waals surface area contributed by atoms with E-state index in [9.17, 15) is 9.59 Å². The van der Waals surface area contributed by atoms with Crippen LogP contribution in [0.25, 0.3) is 11.2 Å². The van der Waals surface area contributed by atoms with Crippen LogP contribution in [-0.4, -0.2) is 63.0 Å². The van der Waals surface area contributed by atoms with Gasteiger partial charge in [-0.1, -0.05) is 23.2 Å². The molecule has 0 aliphatic carbocycles. The van der Waals surface area contributed by atoms with Crippen LogP contribution in [0.5, 0.6) is 5.88 Å². The highest BCUT2D eigenvalue weighted by atomic mass is 35.5. The molecule has 2 N–H and O–H groups in total. The molecule has 170 valence electrons. The lowest BCUT2D eigenvalue weighted by atomic mass is 10.2. The van der Waals surface area contributed by atoms with Crippen LogP contribution in [-0.2, 0) is 11.8 Å². The zero-order chi connectivity index (χ0) is 23.4. The molecule has 0 spiro atoms. The predicted molar refractivity (Wildman–Crippen MR) is 123 cm³/mol. The number of aryl methyl sites for hydroxylation is 1. The van der Waals surface area contributed by atoms with E-state index in [0.717, 1.165) is 0 Å². The number of carbonyl (C=O) groups excluding carboxylic acids is 2. The topological polar surface area (TPSA) is 114 Å². The summed E-state index contributed by atoms with van der Waals surface area (Å²) < 4.78 is 7.47. The van der Waals surface area contributed by atoms with E-state index in [1.807, 2.05) is 6.92 Å². The average Bonchev–Trinajstić information content (AvgIpc) is 3.05. The number of pyridine rings is 2. The van der Waals surface area contributed by atoms with Crippen molar-refractivity contribution in [3.05, 3.63) is 34.1 Å². The second-order valence-electron chi connectivity index (χ2n) is 6.93. The molecule has 0 fully saturated rings. The van der Waals surface area contributed by atoms with E-state index in [1.165, 1.54) is 24.2 Å². The van der Waals surface area contributed by atoms with Gasteiger partial charge in [0.2, 0.25) is 17.7 Å². The summed E-state index contributed by atoms with van der Waals surface area (Å²) in [5.74, 6) is 0.140. The van der Waals surface area contributed by atoms with E-state index >= 15 is 0 Å². The number of amides is 2. The number of imidazole rings is 1. The van der Waals surface area contributed by atoms with Crippen LogP contribution in [0.15, 0.2) is 18.5 Å². The number of carbonyl (C=O) groups is 2. The number of hydrogen-bond acceptors (Lipinski definition) is 7. The van der Waals surface area contributed by atoms with Crippen molar-refractivity contribution in [2.24, 2.45) is 7.05 Å². The molecular formula is C20H23Cl2N7O3. The highest BCUT2D eigenvalue weighted by molar-refractivity contribution is 6.39. The van der Waals surface area contributed by atoms with Crippen LogP contribution >= 0.6 is 23.2 Å². The average molecular weight is 480 g/mol. The number of likely N-dealkylation sites (N-methyl/N-ethyl adjacent to an activating group) is 1. The Kier molecular flexibility index (Phi) is 7.37. The van der Waals surface area contributed by atoms with Crippen molar-refractivity contribution in [3.8, 4) is 5.88 Å². The highest BCUT2D eigenvalue weighted by Crippen LogP contribution is 2.32. The van der Waals surface area contributed by atoms with Crippen LogP contribution in [0, 0.1) is 0 Å². The number of aromatic nitrogens is 4. The van der Waals surface area contributed by atoms with Gasteiger partial charge < -0.3 is 20.3 Å². The van der Waals surface area contributed by atoms with Gasteiger partial charge in [-0.3, -0.25) is 19.1 Å². The fourth-order valence-electron chi connectivity index (χ4n) is 2.81. The summed E-state index contributed by atoms with van der Waals surface area (Å²) in [6.07, 6.45) is 2.93. The molecule has 10 nitrogen and oxygen atoms in total. The molecule has 0 aromatic carbocycles. The summed E-state index contributed by atoms with van der Waals surface area (Å²) in [7, 11) is 3.42. The minimum absolute atomic E-state index is 0.0863. The van der Waals surface area contributed by atoms with Crippen LogP contribution in [0.3, 0.4) is 0 Å². The van der Waals surface area contributed by atoms with Crippen molar-refractivity contribution >= 4 is 57.8 Å². The first-order valence-electron chi connectivity index (χ1n) is 9.79. The molecule has 3 aromatic heterocycles. The van der Waals surface area contributed by atoms with Crippen molar-refractivity contribution < 1.29 is 14.3 Å². The molecule has 12 heteroatoms. The van der Waals surface area contributed by atoms with E-state index in [1.54, 1.807) is 24.7 Å². The maximum atomic E-state index is 12.6. The van der Waals surface area contributed by atoms with Gasteiger partial charge >= 0.3 is 0 Å². The Morgan fingerprint density at radius 2 is 1.91 bits per heavy atom. The van der Waals surface area contributed by atoms with Gasteiger partial charge in [-0.05, 0) is 13.0 Å². The van der Waals surface area contributed by atoms with Gasteiger partial charge in [-0.15, -0.1) is 0 Å². The summed E-state index contributed by atoms with van der Waals surface area (Å²) >= 11 is 12.4. The van der Waals surface area contributed by atoms with Crippen LogP contribution in [0.4, 0.5) is 11.6 Å². The lowest BCUT2D eigenvalue weighted by Crippen LogP contribution is -2.29. The molecule has 32 heavy (non-hydrogen) atoms. The molecular weight excluding hydrogens is 457 g/mol. The Balaban J connectivity index is 1.98. The lowest BCUT2D eigenvalue weighted by molar-refractivity contribution is -0.127. The van der Waals surface area contributed by atoms with Crippen LogP contribution in [0.1, 0.15) is 24.2 Å².